The molecule has 0 bridgehead atoms. The van der Waals surface area contributed by atoms with Gasteiger partial charge in [-0.15, -0.1) is 0 Å². The largest absolute Gasteiger partial charge is 0.363 e. The minimum Gasteiger partial charge on any atom is -0.363 e. The summed E-state index contributed by atoms with van der Waals surface area (Å²) in [5.74, 6) is 1.99. The number of hydrogen-bond donors (Lipinski definition) is 2. The van der Waals surface area contributed by atoms with Crippen LogP contribution in [0.15, 0.2) is 109 Å². The zero-order chi connectivity index (χ0) is 25.3. The molecule has 2 unspecified atom stereocenters. The van der Waals surface area contributed by atoms with Crippen LogP contribution < -0.4 is 15.6 Å². The Hall–Kier alpha value is -4.44. The van der Waals surface area contributed by atoms with Crippen molar-refractivity contribution in [1.82, 2.24) is 4.98 Å². The number of anilines is 2. The molecular formula is C34H31N4+. The Morgan fingerprint density at radius 2 is 1.26 bits per heavy atom. The molecule has 1 fully saturated rings. The molecule has 4 nitrogen and oxygen atoms in total. The minimum absolute atomic E-state index is 0.302. The molecule has 0 spiro atoms. The Kier molecular flexibility index (Phi) is 5.86. The summed E-state index contributed by atoms with van der Waals surface area (Å²) in [7, 11) is 0. The lowest BCUT2D eigenvalue weighted by atomic mass is 9.90. The van der Waals surface area contributed by atoms with E-state index in [1.165, 1.54) is 45.3 Å². The number of nitrogens with zero attached hydrogens (tertiary/aromatic N) is 1. The van der Waals surface area contributed by atoms with Crippen LogP contribution in [0.2, 0.25) is 0 Å². The summed E-state index contributed by atoms with van der Waals surface area (Å²) in [5.41, 5.74) is 3.35. The molecule has 0 saturated heterocycles. The first-order valence-corrected chi connectivity index (χ1v) is 13.6. The number of para-hydroxylation sites is 1. The van der Waals surface area contributed by atoms with Crippen molar-refractivity contribution in [1.29, 1.82) is 0 Å². The van der Waals surface area contributed by atoms with Gasteiger partial charge in [0.2, 0.25) is 0 Å². The van der Waals surface area contributed by atoms with E-state index < -0.39 is 0 Å². The topological polar surface area (TPSA) is 51.1 Å². The maximum atomic E-state index is 5.17. The number of fused-ring (bicyclic) bond motifs is 3. The number of aromatic nitrogens is 2. The van der Waals surface area contributed by atoms with Crippen LogP contribution in [0.1, 0.15) is 25.7 Å². The number of hydrogen-bond acceptors (Lipinski definition) is 3. The average Bonchev–Trinajstić information content (AvgIpc) is 2.97. The molecule has 2 aromatic heterocycles. The maximum absolute atomic E-state index is 5.17. The van der Waals surface area contributed by atoms with Crippen LogP contribution in [0.4, 0.5) is 11.6 Å². The van der Waals surface area contributed by atoms with Gasteiger partial charge in [0.1, 0.15) is 17.4 Å². The van der Waals surface area contributed by atoms with Gasteiger partial charge in [-0.05, 0) is 71.1 Å². The lowest BCUT2D eigenvalue weighted by Gasteiger charge is -2.30. The van der Waals surface area contributed by atoms with Crippen LogP contribution in [0, 0.1) is 0 Å². The van der Waals surface area contributed by atoms with E-state index in [0.29, 0.717) is 12.1 Å². The van der Waals surface area contributed by atoms with E-state index in [1.807, 2.05) is 0 Å². The van der Waals surface area contributed by atoms with Gasteiger partial charge in [-0.1, -0.05) is 79.2 Å². The van der Waals surface area contributed by atoms with Crippen molar-refractivity contribution in [2.75, 3.05) is 10.6 Å². The molecule has 4 aromatic carbocycles. The normalized spacial score (nSPS) is 17.6. The van der Waals surface area contributed by atoms with Crippen LogP contribution in [0.5, 0.6) is 0 Å². The zero-order valence-electron chi connectivity index (χ0n) is 21.3. The predicted octanol–water partition coefficient (Wildman–Crippen LogP) is 7.86. The number of nitrogens with one attached hydrogen (secondary N) is 3. The molecule has 0 radical (unpaired) electrons. The van der Waals surface area contributed by atoms with E-state index in [-0.39, 0.29) is 0 Å². The van der Waals surface area contributed by atoms with Crippen LogP contribution in [-0.2, 0) is 0 Å². The molecule has 0 amide bonds. The summed E-state index contributed by atoms with van der Waals surface area (Å²) >= 11 is 0. The van der Waals surface area contributed by atoms with Gasteiger partial charge in [-0.3, -0.25) is 5.32 Å². The Bertz CT molecular complexity index is 1710. The summed E-state index contributed by atoms with van der Waals surface area (Å²) in [5, 5.41) is 13.8. The third-order valence-electron chi connectivity index (χ3n) is 7.88. The molecule has 1 aliphatic carbocycles. The smallest absolute Gasteiger partial charge is 0.272 e. The SMILES string of the molecule is c1cc(NC2CCCCC2Nc2ccc3ccccc3[nH+]2)nc(-c2c3ccccc3cc3ccccc23)c1. The summed E-state index contributed by atoms with van der Waals surface area (Å²) < 4.78 is 0. The van der Waals surface area contributed by atoms with Gasteiger partial charge in [0, 0.05) is 17.0 Å². The molecule has 6 aromatic rings. The maximum Gasteiger partial charge on any atom is 0.272 e. The summed E-state index contributed by atoms with van der Waals surface area (Å²) in [6, 6.07) is 39.3. The fraction of sp³-hybridized carbons (Fsp3) is 0.176. The van der Waals surface area contributed by atoms with Crippen LogP contribution in [0.25, 0.3) is 43.7 Å². The zero-order valence-corrected chi connectivity index (χ0v) is 21.3. The van der Waals surface area contributed by atoms with Gasteiger partial charge in [0.05, 0.1) is 11.7 Å². The highest BCUT2D eigenvalue weighted by Gasteiger charge is 2.29. The van der Waals surface area contributed by atoms with Crippen molar-refractivity contribution < 1.29 is 4.98 Å². The van der Waals surface area contributed by atoms with Crippen molar-refractivity contribution in [2.24, 2.45) is 0 Å². The second-order valence-electron chi connectivity index (χ2n) is 10.3. The van der Waals surface area contributed by atoms with Crippen LogP contribution in [-0.4, -0.2) is 17.1 Å². The fourth-order valence-electron chi connectivity index (χ4n) is 6.01. The molecule has 1 aliphatic rings. The number of aromatic amines is 1. The van der Waals surface area contributed by atoms with Gasteiger partial charge < -0.3 is 5.32 Å². The second kappa shape index (κ2) is 9.79. The molecule has 2 heterocycles. The fourth-order valence-corrected chi connectivity index (χ4v) is 6.01. The first kappa shape index (κ1) is 22.7. The average molecular weight is 496 g/mol. The molecule has 186 valence electrons. The van der Waals surface area contributed by atoms with Crippen LogP contribution in [0.3, 0.4) is 0 Å². The van der Waals surface area contributed by atoms with E-state index in [2.05, 4.69) is 125 Å². The number of benzene rings is 4. The third-order valence-corrected chi connectivity index (χ3v) is 7.88. The quantitative estimate of drug-likeness (QED) is 0.239. The van der Waals surface area contributed by atoms with E-state index >= 15 is 0 Å². The first-order chi connectivity index (χ1) is 18.8. The molecule has 1 saturated carbocycles. The van der Waals surface area contributed by atoms with E-state index in [0.717, 1.165) is 35.7 Å². The minimum atomic E-state index is 0.302. The molecule has 38 heavy (non-hydrogen) atoms. The Labute approximate surface area is 222 Å². The van der Waals surface area contributed by atoms with E-state index in [9.17, 15) is 0 Å². The first-order valence-electron chi connectivity index (χ1n) is 13.6. The highest BCUT2D eigenvalue weighted by Crippen LogP contribution is 2.36. The van der Waals surface area contributed by atoms with Gasteiger partial charge in [-0.2, -0.15) is 0 Å². The molecule has 4 heteroatoms. The van der Waals surface area contributed by atoms with Crippen LogP contribution >= 0.6 is 0 Å². The third kappa shape index (κ3) is 4.32. The molecule has 3 N–H and O–H groups in total. The highest BCUT2D eigenvalue weighted by molar-refractivity contribution is 6.12. The molecule has 0 aliphatic heterocycles. The summed E-state index contributed by atoms with van der Waals surface area (Å²) in [4.78, 5) is 8.74. The Morgan fingerprint density at radius 1 is 0.605 bits per heavy atom. The van der Waals surface area contributed by atoms with Crippen molar-refractivity contribution in [3.8, 4) is 11.3 Å². The lowest BCUT2D eigenvalue weighted by molar-refractivity contribution is -0.327. The predicted molar refractivity (Wildman–Crippen MR) is 158 cm³/mol. The number of H-pyrrole nitrogens is 1. The lowest BCUT2D eigenvalue weighted by Crippen LogP contribution is -2.43. The Morgan fingerprint density at radius 3 is 2.03 bits per heavy atom. The standard InChI is InChI=1S/C34H30N4/c1-4-13-26-24(11-1)22-25-12-2-5-14-27(25)34(26)31-18-9-19-32(38-31)36-29-16-7-8-17-30(29)37-33-21-20-23-10-3-6-15-28(23)35-33/h1-6,9-15,18-22,29-30H,7-8,16-17H2,(H,35,37)(H,36,38)/p+1. The Balaban J connectivity index is 1.21. The van der Waals surface area contributed by atoms with Crippen molar-refractivity contribution in [2.45, 2.75) is 37.8 Å². The van der Waals surface area contributed by atoms with E-state index in [1.54, 1.807) is 0 Å². The van der Waals surface area contributed by atoms with Gasteiger partial charge >= 0.3 is 0 Å². The van der Waals surface area contributed by atoms with Crippen molar-refractivity contribution in [3.05, 3.63) is 109 Å². The van der Waals surface area contributed by atoms with Crippen molar-refractivity contribution >= 4 is 44.1 Å². The van der Waals surface area contributed by atoms with Gasteiger partial charge in [-0.25, -0.2) is 9.97 Å². The number of pyridine rings is 2. The monoisotopic (exact) mass is 495 g/mol. The van der Waals surface area contributed by atoms with E-state index in [4.69, 9.17) is 4.98 Å². The van der Waals surface area contributed by atoms with Crippen molar-refractivity contribution in [3.63, 3.8) is 0 Å². The molecule has 7 rings (SSSR count). The van der Waals surface area contributed by atoms with Gasteiger partial charge in [0.15, 0.2) is 0 Å². The molecular weight excluding hydrogens is 464 g/mol. The second-order valence-corrected chi connectivity index (χ2v) is 10.3. The van der Waals surface area contributed by atoms with Gasteiger partial charge in [0.25, 0.3) is 5.82 Å². The summed E-state index contributed by atoms with van der Waals surface area (Å²) in [6.45, 7) is 0. The molecule has 2 atom stereocenters. The number of rotatable bonds is 5. The summed E-state index contributed by atoms with van der Waals surface area (Å²) in [6.07, 6.45) is 4.71. The highest BCUT2D eigenvalue weighted by atomic mass is 15.1.